The minimum atomic E-state index is 0.381. The number of rotatable bonds is 6. The Morgan fingerprint density at radius 3 is 3.00 bits per heavy atom. The van der Waals surface area contributed by atoms with Gasteiger partial charge in [-0.05, 0) is 19.0 Å². The van der Waals surface area contributed by atoms with Gasteiger partial charge in [0.25, 0.3) is 0 Å². The van der Waals surface area contributed by atoms with Crippen LogP contribution in [-0.4, -0.2) is 36.1 Å². The highest BCUT2D eigenvalue weighted by Crippen LogP contribution is 2.24. The maximum Gasteiger partial charge on any atom is 0.0554 e. The molecule has 1 aromatic heterocycles. The van der Waals surface area contributed by atoms with Crippen LogP contribution < -0.4 is 5.32 Å². The first kappa shape index (κ1) is 10.6. The highest BCUT2D eigenvalue weighted by Gasteiger charge is 2.32. The summed E-state index contributed by atoms with van der Waals surface area (Å²) < 4.78 is 7.17. The Morgan fingerprint density at radius 1 is 1.53 bits per heavy atom. The van der Waals surface area contributed by atoms with E-state index in [1.165, 1.54) is 0 Å². The molecule has 4 heteroatoms. The number of aromatic nitrogens is 2. The van der Waals surface area contributed by atoms with Crippen LogP contribution in [0.5, 0.6) is 0 Å². The summed E-state index contributed by atoms with van der Waals surface area (Å²) in [7, 11) is 0. The summed E-state index contributed by atoms with van der Waals surface area (Å²) in [4.78, 5) is 0. The minimum absolute atomic E-state index is 0.381. The largest absolute Gasteiger partial charge is 0.380 e. The van der Waals surface area contributed by atoms with Gasteiger partial charge < -0.3 is 10.1 Å². The predicted octanol–water partition coefficient (Wildman–Crippen LogP) is 0.899. The van der Waals surface area contributed by atoms with Crippen LogP contribution in [0.25, 0.3) is 0 Å². The lowest BCUT2D eigenvalue weighted by Crippen LogP contribution is -2.47. The molecule has 0 bridgehead atoms. The van der Waals surface area contributed by atoms with Crippen molar-refractivity contribution in [3.63, 3.8) is 0 Å². The van der Waals surface area contributed by atoms with Crippen molar-refractivity contribution >= 4 is 0 Å². The third-order valence-electron chi connectivity index (χ3n) is 2.75. The molecule has 0 radical (unpaired) electrons. The normalized spacial score (nSPS) is 18.7. The zero-order valence-corrected chi connectivity index (χ0v) is 9.28. The van der Waals surface area contributed by atoms with Gasteiger partial charge >= 0.3 is 0 Å². The van der Waals surface area contributed by atoms with Crippen molar-refractivity contribution < 1.29 is 4.74 Å². The van der Waals surface area contributed by atoms with E-state index in [1.807, 2.05) is 23.1 Å². The fraction of sp³-hybridized carbons (Fsp3) is 0.727. The van der Waals surface area contributed by atoms with Crippen LogP contribution in [0.15, 0.2) is 18.5 Å². The van der Waals surface area contributed by atoms with Crippen molar-refractivity contribution in [1.82, 2.24) is 15.1 Å². The molecule has 0 aromatic carbocycles. The number of aryl methyl sites for hydroxylation is 1. The lowest BCUT2D eigenvalue weighted by Gasteiger charge is -2.38. The summed E-state index contributed by atoms with van der Waals surface area (Å²) >= 11 is 0. The minimum Gasteiger partial charge on any atom is -0.380 e. The van der Waals surface area contributed by atoms with E-state index in [1.54, 1.807) is 0 Å². The third kappa shape index (κ3) is 3.04. The lowest BCUT2D eigenvalue weighted by atomic mass is 9.89. The maximum absolute atomic E-state index is 5.20. The van der Waals surface area contributed by atoms with Gasteiger partial charge in [0.05, 0.1) is 13.2 Å². The molecule has 4 nitrogen and oxygen atoms in total. The highest BCUT2D eigenvalue weighted by atomic mass is 16.5. The van der Waals surface area contributed by atoms with Gasteiger partial charge in [0.15, 0.2) is 0 Å². The number of nitrogens with one attached hydrogen (secondary N) is 1. The zero-order chi connectivity index (χ0) is 10.6. The Kier molecular flexibility index (Phi) is 3.38. The molecule has 15 heavy (non-hydrogen) atoms. The molecule has 0 atom stereocenters. The fourth-order valence-corrected chi connectivity index (χ4v) is 1.74. The standard InChI is InChI=1S/C11H19N3O/c1-11(9-15-10-11)8-12-4-2-6-14-7-3-5-13-14/h3,5,7,12H,2,4,6,8-10H2,1H3. The maximum atomic E-state index is 5.20. The average Bonchev–Trinajstić information content (AvgIpc) is 2.67. The van der Waals surface area contributed by atoms with E-state index in [0.717, 1.165) is 39.3 Å². The molecule has 1 N–H and O–H groups in total. The van der Waals surface area contributed by atoms with Crippen LogP contribution in [0.4, 0.5) is 0 Å². The van der Waals surface area contributed by atoms with E-state index in [4.69, 9.17) is 4.74 Å². The van der Waals surface area contributed by atoms with E-state index in [-0.39, 0.29) is 0 Å². The summed E-state index contributed by atoms with van der Waals surface area (Å²) in [6.07, 6.45) is 4.94. The molecule has 2 rings (SSSR count). The van der Waals surface area contributed by atoms with Crippen molar-refractivity contribution in [1.29, 1.82) is 0 Å². The first-order valence-corrected chi connectivity index (χ1v) is 5.54. The van der Waals surface area contributed by atoms with Gasteiger partial charge in [-0.15, -0.1) is 0 Å². The number of hydrogen-bond acceptors (Lipinski definition) is 3. The summed E-state index contributed by atoms with van der Waals surface area (Å²) in [5.74, 6) is 0. The molecule has 0 aliphatic carbocycles. The van der Waals surface area contributed by atoms with Gasteiger partial charge in [-0.1, -0.05) is 6.92 Å². The van der Waals surface area contributed by atoms with Gasteiger partial charge in [-0.2, -0.15) is 5.10 Å². The van der Waals surface area contributed by atoms with Crippen molar-refractivity contribution in [3.05, 3.63) is 18.5 Å². The average molecular weight is 209 g/mol. The third-order valence-corrected chi connectivity index (χ3v) is 2.75. The van der Waals surface area contributed by atoms with Crippen molar-refractivity contribution in [2.75, 3.05) is 26.3 Å². The van der Waals surface area contributed by atoms with E-state index in [2.05, 4.69) is 17.3 Å². The second kappa shape index (κ2) is 4.77. The highest BCUT2D eigenvalue weighted by molar-refractivity contribution is 4.82. The van der Waals surface area contributed by atoms with E-state index in [0.29, 0.717) is 5.41 Å². The molecule has 0 unspecified atom stereocenters. The Bertz CT molecular complexity index is 280. The second-order valence-corrected chi connectivity index (χ2v) is 4.60. The Hall–Kier alpha value is -0.870. The van der Waals surface area contributed by atoms with Gasteiger partial charge in [0.2, 0.25) is 0 Å². The van der Waals surface area contributed by atoms with Gasteiger partial charge in [-0.25, -0.2) is 0 Å². The van der Waals surface area contributed by atoms with E-state index < -0.39 is 0 Å². The summed E-state index contributed by atoms with van der Waals surface area (Å²) in [5, 5.41) is 7.63. The zero-order valence-electron chi connectivity index (χ0n) is 9.28. The fourth-order valence-electron chi connectivity index (χ4n) is 1.74. The van der Waals surface area contributed by atoms with Crippen LogP contribution in [-0.2, 0) is 11.3 Å². The Morgan fingerprint density at radius 2 is 2.40 bits per heavy atom. The van der Waals surface area contributed by atoms with Gasteiger partial charge in [-0.3, -0.25) is 4.68 Å². The SMILES string of the molecule is CC1(CNCCCn2cccn2)COC1. The summed E-state index contributed by atoms with van der Waals surface area (Å²) in [6, 6.07) is 1.96. The second-order valence-electron chi connectivity index (χ2n) is 4.60. The first-order chi connectivity index (χ1) is 7.29. The van der Waals surface area contributed by atoms with Crippen LogP contribution in [0, 0.1) is 5.41 Å². The van der Waals surface area contributed by atoms with Crippen molar-refractivity contribution in [3.8, 4) is 0 Å². The molecule has 2 heterocycles. The van der Waals surface area contributed by atoms with Crippen LogP contribution >= 0.6 is 0 Å². The van der Waals surface area contributed by atoms with Gasteiger partial charge in [0.1, 0.15) is 0 Å². The topological polar surface area (TPSA) is 39.1 Å². The molecular weight excluding hydrogens is 190 g/mol. The predicted molar refractivity (Wildman–Crippen MR) is 58.6 cm³/mol. The molecule has 0 saturated carbocycles. The number of nitrogens with zero attached hydrogens (tertiary/aromatic N) is 2. The molecule has 1 fully saturated rings. The molecule has 1 aliphatic heterocycles. The molecule has 1 saturated heterocycles. The molecular formula is C11H19N3O. The summed E-state index contributed by atoms with van der Waals surface area (Å²) in [6.45, 7) is 7.17. The molecule has 0 spiro atoms. The number of hydrogen-bond donors (Lipinski definition) is 1. The molecule has 1 aromatic rings. The summed E-state index contributed by atoms with van der Waals surface area (Å²) in [5.41, 5.74) is 0.381. The first-order valence-electron chi connectivity index (χ1n) is 5.54. The van der Waals surface area contributed by atoms with E-state index >= 15 is 0 Å². The number of ether oxygens (including phenoxy) is 1. The van der Waals surface area contributed by atoms with Crippen molar-refractivity contribution in [2.45, 2.75) is 19.9 Å². The Balaban J connectivity index is 1.52. The van der Waals surface area contributed by atoms with Crippen LogP contribution in [0.3, 0.4) is 0 Å². The molecule has 84 valence electrons. The Labute approximate surface area is 90.6 Å². The quantitative estimate of drug-likeness (QED) is 0.707. The van der Waals surface area contributed by atoms with Crippen LogP contribution in [0.2, 0.25) is 0 Å². The lowest BCUT2D eigenvalue weighted by molar-refractivity contribution is -0.0989. The van der Waals surface area contributed by atoms with Gasteiger partial charge in [0, 0.05) is 30.9 Å². The van der Waals surface area contributed by atoms with Crippen LogP contribution in [0.1, 0.15) is 13.3 Å². The molecule has 1 aliphatic rings. The van der Waals surface area contributed by atoms with Crippen molar-refractivity contribution in [2.24, 2.45) is 5.41 Å². The molecule has 0 amide bonds. The smallest absolute Gasteiger partial charge is 0.0554 e. The van der Waals surface area contributed by atoms with E-state index in [9.17, 15) is 0 Å². The monoisotopic (exact) mass is 209 g/mol.